The Balaban J connectivity index is 2.36. The summed E-state index contributed by atoms with van der Waals surface area (Å²) in [4.78, 5) is 0.0821. The van der Waals surface area contributed by atoms with Crippen LogP contribution in [0, 0.1) is 18.4 Å². The highest BCUT2D eigenvalue weighted by Crippen LogP contribution is 2.35. The number of alkyl halides is 3. The van der Waals surface area contributed by atoms with Gasteiger partial charge in [-0.3, -0.25) is 0 Å². The number of nitrogens with one attached hydrogen (secondary N) is 1. The molecule has 26 heavy (non-hydrogen) atoms. The minimum Gasteiger partial charge on any atom is -0.215 e. The highest BCUT2D eigenvalue weighted by atomic mass is 35.5. The molecule has 0 unspecified atom stereocenters. The largest absolute Gasteiger partial charge is 0.416 e. The van der Waals surface area contributed by atoms with E-state index in [1.54, 1.807) is 11.6 Å². The van der Waals surface area contributed by atoms with Crippen molar-refractivity contribution in [2.24, 2.45) is 0 Å². The predicted molar refractivity (Wildman–Crippen MR) is 93.1 cm³/mol. The first-order valence-corrected chi connectivity index (χ1v) is 9.89. The number of hydrogen-bond acceptors (Lipinski definition) is 4. The molecule has 0 amide bonds. The molecule has 1 N–H and O–H groups in total. The number of hydrogen-bond donors (Lipinski definition) is 1. The maximum atomic E-state index is 12.8. The van der Waals surface area contributed by atoms with Gasteiger partial charge in [-0.25, -0.2) is 13.1 Å². The summed E-state index contributed by atoms with van der Waals surface area (Å²) < 4.78 is 64.4. The van der Waals surface area contributed by atoms with Crippen molar-refractivity contribution < 1.29 is 21.6 Å². The molecule has 0 radical (unpaired) electrons. The Kier molecular flexibility index (Phi) is 6.11. The maximum Gasteiger partial charge on any atom is 0.416 e. The third kappa shape index (κ3) is 4.84. The van der Waals surface area contributed by atoms with Crippen molar-refractivity contribution in [1.29, 1.82) is 5.26 Å². The standard InChI is InChI=1S/C16H12ClF3N2O2S2/c1-10-5-15(26(23,24)22-9-21)14(7-13(10)17)25-8-11-3-2-4-12(6-11)16(18,19)20/h2-7,22H,8H2,1H3. The number of thioether (sulfide) groups is 1. The van der Waals surface area contributed by atoms with Crippen molar-refractivity contribution in [3.63, 3.8) is 0 Å². The molecule has 10 heteroatoms. The molecule has 0 spiro atoms. The molecule has 2 aromatic rings. The molecule has 0 aliphatic carbocycles. The topological polar surface area (TPSA) is 70.0 Å². The van der Waals surface area contributed by atoms with Crippen LogP contribution < -0.4 is 4.72 Å². The predicted octanol–water partition coefficient (Wildman–Crippen LogP) is 4.72. The van der Waals surface area contributed by atoms with E-state index in [1.165, 1.54) is 30.5 Å². The molecule has 4 nitrogen and oxygen atoms in total. The summed E-state index contributed by atoms with van der Waals surface area (Å²) in [7, 11) is -4.09. The molecule has 138 valence electrons. The van der Waals surface area contributed by atoms with Gasteiger partial charge < -0.3 is 0 Å². The van der Waals surface area contributed by atoms with Crippen molar-refractivity contribution in [1.82, 2.24) is 4.72 Å². The lowest BCUT2D eigenvalue weighted by atomic mass is 10.1. The molecule has 2 rings (SSSR count). The Bertz CT molecular complexity index is 970. The number of nitrogens with zero attached hydrogens (tertiary/aromatic N) is 1. The zero-order valence-electron chi connectivity index (χ0n) is 13.3. The molecule has 2 aromatic carbocycles. The van der Waals surface area contributed by atoms with E-state index in [0.29, 0.717) is 16.1 Å². The third-order valence-electron chi connectivity index (χ3n) is 3.34. The second-order valence-corrected chi connectivity index (χ2v) is 8.33. The van der Waals surface area contributed by atoms with E-state index in [1.807, 2.05) is 0 Å². The van der Waals surface area contributed by atoms with Crippen LogP contribution in [-0.2, 0) is 22.0 Å². The second-order valence-electron chi connectivity index (χ2n) is 5.25. The molecule has 0 fully saturated rings. The molecule has 0 aliphatic rings. The van der Waals surface area contributed by atoms with Gasteiger partial charge >= 0.3 is 6.18 Å². The van der Waals surface area contributed by atoms with Gasteiger partial charge in [0.05, 0.1) is 5.56 Å². The van der Waals surface area contributed by atoms with Gasteiger partial charge in [0.2, 0.25) is 0 Å². The number of halogens is 4. The SMILES string of the molecule is Cc1cc(S(=O)(=O)NC#N)c(SCc2cccc(C(F)(F)F)c2)cc1Cl. The van der Waals surface area contributed by atoms with Gasteiger partial charge in [0.1, 0.15) is 4.90 Å². The van der Waals surface area contributed by atoms with E-state index in [4.69, 9.17) is 16.9 Å². The van der Waals surface area contributed by atoms with E-state index in [-0.39, 0.29) is 15.5 Å². The van der Waals surface area contributed by atoms with Crippen LogP contribution in [0.15, 0.2) is 46.2 Å². The fourth-order valence-corrected chi connectivity index (χ4v) is 4.60. The molecule has 0 aliphatic heterocycles. The summed E-state index contributed by atoms with van der Waals surface area (Å²) in [6, 6.07) is 7.50. The molecular formula is C16H12ClF3N2O2S2. The van der Waals surface area contributed by atoms with Gasteiger partial charge in [-0.05, 0) is 36.2 Å². The van der Waals surface area contributed by atoms with Gasteiger partial charge in [-0.15, -0.1) is 11.8 Å². The molecule has 0 bridgehead atoms. The Morgan fingerprint density at radius 3 is 2.58 bits per heavy atom. The summed E-state index contributed by atoms with van der Waals surface area (Å²) in [5.41, 5.74) is 0.0862. The van der Waals surface area contributed by atoms with Crippen molar-refractivity contribution in [3.8, 4) is 6.19 Å². The van der Waals surface area contributed by atoms with E-state index >= 15 is 0 Å². The van der Waals surface area contributed by atoms with Crippen molar-refractivity contribution >= 4 is 33.4 Å². The first-order valence-electron chi connectivity index (χ1n) is 7.04. The molecular weight excluding hydrogens is 409 g/mol. The highest BCUT2D eigenvalue weighted by molar-refractivity contribution is 7.99. The van der Waals surface area contributed by atoms with Gasteiger partial charge in [0.15, 0.2) is 6.19 Å². The summed E-state index contributed by atoms with van der Waals surface area (Å²) in [5.74, 6) is 0.0956. The Morgan fingerprint density at radius 1 is 1.27 bits per heavy atom. The fraction of sp³-hybridized carbons (Fsp3) is 0.188. The summed E-state index contributed by atoms with van der Waals surface area (Å²) in [6.45, 7) is 1.61. The molecule has 0 atom stereocenters. The summed E-state index contributed by atoms with van der Waals surface area (Å²) in [6.07, 6.45) is -3.10. The quantitative estimate of drug-likeness (QED) is 0.431. The number of nitriles is 1. The van der Waals surface area contributed by atoms with Crippen LogP contribution in [0.25, 0.3) is 0 Å². The van der Waals surface area contributed by atoms with Crippen LogP contribution in [0.2, 0.25) is 5.02 Å². The number of benzene rings is 2. The Labute approximate surface area is 158 Å². The van der Waals surface area contributed by atoms with Crippen LogP contribution >= 0.6 is 23.4 Å². The van der Waals surface area contributed by atoms with Crippen LogP contribution in [-0.4, -0.2) is 8.42 Å². The Morgan fingerprint density at radius 2 is 1.96 bits per heavy atom. The monoisotopic (exact) mass is 420 g/mol. The van der Waals surface area contributed by atoms with Crippen LogP contribution in [0.4, 0.5) is 13.2 Å². The van der Waals surface area contributed by atoms with Crippen molar-refractivity contribution in [2.45, 2.75) is 28.6 Å². The lowest BCUT2D eigenvalue weighted by Gasteiger charge is -2.12. The minimum absolute atomic E-state index is 0.0956. The zero-order valence-corrected chi connectivity index (χ0v) is 15.7. The van der Waals surface area contributed by atoms with Crippen LogP contribution in [0.1, 0.15) is 16.7 Å². The average Bonchev–Trinajstić information content (AvgIpc) is 2.55. The minimum atomic E-state index is -4.46. The summed E-state index contributed by atoms with van der Waals surface area (Å²) >= 11 is 7.05. The van der Waals surface area contributed by atoms with E-state index in [2.05, 4.69) is 0 Å². The van der Waals surface area contributed by atoms with Gasteiger partial charge in [0.25, 0.3) is 10.0 Å². The normalized spacial score (nSPS) is 11.8. The average molecular weight is 421 g/mol. The molecule has 0 aromatic heterocycles. The van der Waals surface area contributed by atoms with E-state index in [9.17, 15) is 21.6 Å². The maximum absolute atomic E-state index is 12.8. The third-order valence-corrected chi connectivity index (χ3v) is 6.28. The first-order chi connectivity index (χ1) is 12.0. The molecule has 0 saturated carbocycles. The number of aryl methyl sites for hydroxylation is 1. The van der Waals surface area contributed by atoms with Crippen LogP contribution in [0.3, 0.4) is 0 Å². The lowest BCUT2D eigenvalue weighted by Crippen LogP contribution is -2.19. The van der Waals surface area contributed by atoms with E-state index in [0.717, 1.165) is 23.9 Å². The van der Waals surface area contributed by atoms with E-state index < -0.39 is 21.8 Å². The lowest BCUT2D eigenvalue weighted by molar-refractivity contribution is -0.137. The van der Waals surface area contributed by atoms with Crippen LogP contribution in [0.5, 0.6) is 0 Å². The number of rotatable bonds is 5. The van der Waals surface area contributed by atoms with Gasteiger partial charge in [0, 0.05) is 15.7 Å². The number of sulfonamides is 1. The van der Waals surface area contributed by atoms with Gasteiger partial charge in [-0.1, -0.05) is 29.8 Å². The second kappa shape index (κ2) is 7.78. The van der Waals surface area contributed by atoms with Gasteiger partial charge in [-0.2, -0.15) is 18.4 Å². The molecule has 0 heterocycles. The zero-order chi connectivity index (χ0) is 19.5. The van der Waals surface area contributed by atoms with Crippen molar-refractivity contribution in [3.05, 3.63) is 58.1 Å². The summed E-state index contributed by atoms with van der Waals surface area (Å²) in [5, 5.41) is 8.93. The Hall–Kier alpha value is -1.89. The van der Waals surface area contributed by atoms with Crippen molar-refractivity contribution in [2.75, 3.05) is 0 Å². The fourth-order valence-electron chi connectivity index (χ4n) is 2.07. The smallest absolute Gasteiger partial charge is 0.215 e. The first kappa shape index (κ1) is 20.4. The molecule has 0 saturated heterocycles. The highest BCUT2D eigenvalue weighted by Gasteiger charge is 2.30.